The first-order valence-corrected chi connectivity index (χ1v) is 9.83. The van der Waals surface area contributed by atoms with E-state index in [4.69, 9.17) is 0 Å². The Bertz CT molecular complexity index is 955. The Hall–Kier alpha value is -2.47. The largest absolute Gasteiger partial charge is 0.369 e. The molecule has 2 fully saturated rings. The van der Waals surface area contributed by atoms with Crippen LogP contribution in [0, 0.1) is 5.82 Å². The van der Waals surface area contributed by atoms with Crippen molar-refractivity contribution in [1.82, 2.24) is 20.3 Å². The van der Waals surface area contributed by atoms with Gasteiger partial charge in [-0.3, -0.25) is 4.98 Å². The van der Waals surface area contributed by atoms with Crippen molar-refractivity contribution in [2.45, 2.75) is 37.6 Å². The number of aromatic nitrogens is 3. The Labute approximate surface area is 158 Å². The summed E-state index contributed by atoms with van der Waals surface area (Å²) in [5.41, 5.74) is 3.26. The number of piperidine rings is 2. The average Bonchev–Trinajstić information content (AvgIpc) is 3.13. The number of hydrogen-bond donors (Lipinski definition) is 2. The first-order valence-electron chi connectivity index (χ1n) is 9.83. The summed E-state index contributed by atoms with van der Waals surface area (Å²) >= 11 is 0. The summed E-state index contributed by atoms with van der Waals surface area (Å²) in [6, 6.07) is 5.14. The maximum Gasteiger partial charge on any atom is 0.149 e. The molecule has 3 aromatic rings. The number of anilines is 1. The molecule has 0 bridgehead atoms. The topological polar surface area (TPSA) is 56.8 Å². The van der Waals surface area contributed by atoms with Crippen LogP contribution in [0.3, 0.4) is 0 Å². The molecule has 0 radical (unpaired) electrons. The molecule has 2 aliphatic heterocycles. The Kier molecular flexibility index (Phi) is 4.08. The molecule has 3 aromatic heterocycles. The Morgan fingerprint density at radius 3 is 2.85 bits per heavy atom. The molecule has 5 heterocycles. The van der Waals surface area contributed by atoms with E-state index in [9.17, 15) is 4.39 Å². The van der Waals surface area contributed by atoms with Crippen molar-refractivity contribution in [2.75, 3.05) is 24.5 Å². The third kappa shape index (κ3) is 2.88. The standard InChI is InChI=1S/C21H24FN5/c22-16-5-3-9-23-19(16)15-13-25-20-18(15)17(6-11-24-20)27-12-4-8-21(14-27)7-1-2-10-26-21/h3,5-6,9,11,13,26H,1-2,4,7-8,10,12,14H2,(H,24,25). The zero-order chi connectivity index (χ0) is 18.3. The Morgan fingerprint density at radius 2 is 2.00 bits per heavy atom. The number of rotatable bonds is 2. The molecule has 6 heteroatoms. The van der Waals surface area contributed by atoms with Gasteiger partial charge in [-0.1, -0.05) is 6.42 Å². The van der Waals surface area contributed by atoms with Crippen LogP contribution in [0.5, 0.6) is 0 Å². The van der Waals surface area contributed by atoms with Crippen molar-refractivity contribution in [1.29, 1.82) is 0 Å². The molecule has 140 valence electrons. The molecule has 1 unspecified atom stereocenters. The van der Waals surface area contributed by atoms with Crippen molar-refractivity contribution < 1.29 is 4.39 Å². The fourth-order valence-electron chi connectivity index (χ4n) is 4.79. The zero-order valence-electron chi connectivity index (χ0n) is 15.3. The number of hydrogen-bond acceptors (Lipinski definition) is 4. The summed E-state index contributed by atoms with van der Waals surface area (Å²) in [4.78, 5) is 14.4. The van der Waals surface area contributed by atoms with Crippen molar-refractivity contribution >= 4 is 16.7 Å². The molecule has 5 rings (SSSR count). The van der Waals surface area contributed by atoms with Crippen LogP contribution in [0.2, 0.25) is 0 Å². The van der Waals surface area contributed by atoms with E-state index in [-0.39, 0.29) is 11.4 Å². The van der Waals surface area contributed by atoms with E-state index in [0.717, 1.165) is 48.3 Å². The van der Waals surface area contributed by atoms with Crippen LogP contribution in [0.25, 0.3) is 22.3 Å². The summed E-state index contributed by atoms with van der Waals surface area (Å²) in [5, 5.41) is 4.76. The number of nitrogens with zero attached hydrogens (tertiary/aromatic N) is 3. The molecule has 0 amide bonds. The lowest BCUT2D eigenvalue weighted by Crippen LogP contribution is -2.59. The fourth-order valence-corrected chi connectivity index (χ4v) is 4.79. The lowest BCUT2D eigenvalue weighted by atomic mass is 9.81. The summed E-state index contributed by atoms with van der Waals surface area (Å²) < 4.78 is 14.4. The van der Waals surface area contributed by atoms with Crippen LogP contribution in [0.1, 0.15) is 32.1 Å². The van der Waals surface area contributed by atoms with Gasteiger partial charge in [-0.05, 0) is 50.4 Å². The SMILES string of the molecule is Fc1cccnc1-c1c[nH]c2nccc(N3CCCC4(CCCCN4)C3)c12. The third-order valence-electron chi connectivity index (χ3n) is 6.06. The van der Waals surface area contributed by atoms with E-state index in [1.54, 1.807) is 12.3 Å². The molecule has 2 saturated heterocycles. The molecular formula is C21H24FN5. The second-order valence-corrected chi connectivity index (χ2v) is 7.78. The van der Waals surface area contributed by atoms with Crippen LogP contribution < -0.4 is 10.2 Å². The van der Waals surface area contributed by atoms with Crippen molar-refractivity contribution in [2.24, 2.45) is 0 Å². The predicted octanol–water partition coefficient (Wildman–Crippen LogP) is 3.88. The second kappa shape index (κ2) is 6.60. The molecule has 0 aliphatic carbocycles. The highest BCUT2D eigenvalue weighted by Crippen LogP contribution is 2.38. The van der Waals surface area contributed by atoms with Crippen LogP contribution in [-0.2, 0) is 0 Å². The molecular weight excluding hydrogens is 341 g/mol. The van der Waals surface area contributed by atoms with E-state index in [2.05, 4.69) is 31.2 Å². The molecule has 0 saturated carbocycles. The average molecular weight is 365 g/mol. The number of fused-ring (bicyclic) bond motifs is 1. The summed E-state index contributed by atoms with van der Waals surface area (Å²) in [7, 11) is 0. The van der Waals surface area contributed by atoms with Gasteiger partial charge < -0.3 is 15.2 Å². The van der Waals surface area contributed by atoms with Crippen LogP contribution in [0.4, 0.5) is 10.1 Å². The van der Waals surface area contributed by atoms with E-state index < -0.39 is 0 Å². The van der Waals surface area contributed by atoms with E-state index in [1.165, 1.54) is 31.7 Å². The Morgan fingerprint density at radius 1 is 1.07 bits per heavy atom. The quantitative estimate of drug-likeness (QED) is 0.724. The summed E-state index contributed by atoms with van der Waals surface area (Å²) in [6.45, 7) is 3.10. The van der Waals surface area contributed by atoms with Gasteiger partial charge in [-0.2, -0.15) is 0 Å². The van der Waals surface area contributed by atoms with E-state index in [1.807, 2.05) is 12.4 Å². The van der Waals surface area contributed by atoms with E-state index in [0.29, 0.717) is 5.69 Å². The maximum absolute atomic E-state index is 14.4. The van der Waals surface area contributed by atoms with Crippen molar-refractivity contribution in [3.8, 4) is 11.3 Å². The smallest absolute Gasteiger partial charge is 0.149 e. The number of nitrogens with one attached hydrogen (secondary N) is 2. The zero-order valence-corrected chi connectivity index (χ0v) is 15.3. The fraction of sp³-hybridized carbons (Fsp3) is 0.429. The van der Waals surface area contributed by atoms with Gasteiger partial charge in [-0.25, -0.2) is 9.37 Å². The normalized spacial score (nSPS) is 23.2. The number of aromatic amines is 1. The number of H-pyrrole nitrogens is 1. The van der Waals surface area contributed by atoms with Gasteiger partial charge in [0.2, 0.25) is 0 Å². The number of pyridine rings is 2. The monoisotopic (exact) mass is 365 g/mol. The van der Waals surface area contributed by atoms with Crippen LogP contribution >= 0.6 is 0 Å². The van der Waals surface area contributed by atoms with Gasteiger partial charge >= 0.3 is 0 Å². The molecule has 2 aliphatic rings. The van der Waals surface area contributed by atoms with Gasteiger partial charge in [-0.15, -0.1) is 0 Å². The predicted molar refractivity (Wildman–Crippen MR) is 105 cm³/mol. The minimum Gasteiger partial charge on any atom is -0.369 e. The highest BCUT2D eigenvalue weighted by molar-refractivity contribution is 6.02. The number of halogens is 1. The van der Waals surface area contributed by atoms with Gasteiger partial charge in [0.1, 0.15) is 17.2 Å². The molecule has 2 N–H and O–H groups in total. The molecule has 1 spiro atoms. The molecule has 27 heavy (non-hydrogen) atoms. The third-order valence-corrected chi connectivity index (χ3v) is 6.06. The summed E-state index contributed by atoms with van der Waals surface area (Å²) in [5.74, 6) is -0.308. The molecule has 1 atom stereocenters. The van der Waals surface area contributed by atoms with Gasteiger partial charge in [0.15, 0.2) is 0 Å². The maximum atomic E-state index is 14.4. The first-order chi connectivity index (χ1) is 13.3. The first kappa shape index (κ1) is 16.7. The summed E-state index contributed by atoms with van der Waals surface area (Å²) in [6.07, 6.45) is 11.5. The molecule has 5 nitrogen and oxygen atoms in total. The van der Waals surface area contributed by atoms with Crippen LogP contribution in [0.15, 0.2) is 36.8 Å². The van der Waals surface area contributed by atoms with Gasteiger partial charge in [0.05, 0.1) is 11.1 Å². The lowest BCUT2D eigenvalue weighted by molar-refractivity contribution is 0.216. The van der Waals surface area contributed by atoms with Gasteiger partial charge in [0, 0.05) is 42.8 Å². The van der Waals surface area contributed by atoms with Gasteiger partial charge in [0.25, 0.3) is 0 Å². The minimum absolute atomic E-state index is 0.207. The highest BCUT2D eigenvalue weighted by atomic mass is 19.1. The highest BCUT2D eigenvalue weighted by Gasteiger charge is 2.37. The minimum atomic E-state index is -0.308. The van der Waals surface area contributed by atoms with Crippen LogP contribution in [-0.4, -0.2) is 40.1 Å². The van der Waals surface area contributed by atoms with Crippen molar-refractivity contribution in [3.05, 3.63) is 42.6 Å². The van der Waals surface area contributed by atoms with Crippen molar-refractivity contribution in [3.63, 3.8) is 0 Å². The lowest BCUT2D eigenvalue weighted by Gasteiger charge is -2.47. The second-order valence-electron chi connectivity index (χ2n) is 7.78. The molecule has 0 aromatic carbocycles. The van der Waals surface area contributed by atoms with E-state index >= 15 is 0 Å². The Balaban J connectivity index is 1.59.